The number of nitrogens with one attached hydrogen (secondary N) is 1. The summed E-state index contributed by atoms with van der Waals surface area (Å²) < 4.78 is 44.5. The molecular weight excluding hydrogens is 480 g/mol. The first-order valence-electron chi connectivity index (χ1n) is 10.4. The number of methoxy groups -OCH3 is 1. The Labute approximate surface area is 203 Å². The number of hydrogen-bond donors (Lipinski definition) is 1. The van der Waals surface area contributed by atoms with Crippen LogP contribution in [0.3, 0.4) is 0 Å². The lowest BCUT2D eigenvalue weighted by Gasteiger charge is -2.27. The Morgan fingerprint density at radius 2 is 1.82 bits per heavy atom. The van der Waals surface area contributed by atoms with Crippen molar-refractivity contribution in [2.75, 3.05) is 31.1 Å². The van der Waals surface area contributed by atoms with Crippen molar-refractivity contribution in [3.8, 4) is 17.2 Å². The summed E-state index contributed by atoms with van der Waals surface area (Å²) in [5, 5.41) is 3.08. The average Bonchev–Trinajstić information content (AvgIpc) is 2.85. The second kappa shape index (κ2) is 10.2. The largest absolute Gasteiger partial charge is 0.497 e. The Balaban J connectivity index is 1.50. The summed E-state index contributed by atoms with van der Waals surface area (Å²) in [6.45, 7) is -0.0303. The highest BCUT2D eigenvalue weighted by atomic mass is 35.5. The van der Waals surface area contributed by atoms with Crippen LogP contribution in [-0.2, 0) is 14.8 Å². The number of benzene rings is 3. The number of sulfonamides is 1. The van der Waals surface area contributed by atoms with E-state index in [1.807, 2.05) is 12.1 Å². The second-order valence-corrected chi connectivity index (χ2v) is 9.77. The van der Waals surface area contributed by atoms with Crippen LogP contribution in [0.2, 0.25) is 5.02 Å². The maximum absolute atomic E-state index is 13.4. The molecule has 1 aliphatic heterocycles. The first-order chi connectivity index (χ1) is 16.4. The number of ether oxygens (including phenoxy) is 3. The molecule has 1 amide bonds. The summed E-state index contributed by atoms with van der Waals surface area (Å²) in [5.74, 6) is 1.25. The van der Waals surface area contributed by atoms with Gasteiger partial charge in [-0.05, 0) is 54.6 Å². The van der Waals surface area contributed by atoms with E-state index in [0.717, 1.165) is 4.31 Å². The van der Waals surface area contributed by atoms with Crippen LogP contribution in [0.5, 0.6) is 17.2 Å². The van der Waals surface area contributed by atoms with Crippen LogP contribution in [0.4, 0.5) is 5.69 Å². The van der Waals surface area contributed by atoms with Gasteiger partial charge in [0.1, 0.15) is 25.0 Å². The van der Waals surface area contributed by atoms with Gasteiger partial charge in [0.2, 0.25) is 5.91 Å². The third-order valence-corrected chi connectivity index (χ3v) is 7.15. The lowest BCUT2D eigenvalue weighted by atomic mass is 10.2. The number of fused-ring (bicyclic) bond motifs is 1. The van der Waals surface area contributed by atoms with Crippen molar-refractivity contribution in [2.45, 2.75) is 11.0 Å². The van der Waals surface area contributed by atoms with Gasteiger partial charge in [-0.1, -0.05) is 29.8 Å². The van der Waals surface area contributed by atoms with E-state index in [2.05, 4.69) is 5.32 Å². The SMILES string of the molecule is COc1ccc(S(=O)(=O)N(CC(=O)NCC2COc3ccccc3O2)c2cccc(Cl)c2)cc1. The number of hydrogen-bond acceptors (Lipinski definition) is 6. The Morgan fingerprint density at radius 1 is 1.09 bits per heavy atom. The number of carbonyl (C=O) groups excluding carboxylic acids is 1. The fraction of sp³-hybridized carbons (Fsp3) is 0.208. The number of carbonyl (C=O) groups is 1. The van der Waals surface area contributed by atoms with E-state index in [-0.39, 0.29) is 23.7 Å². The Kier molecular flexibility index (Phi) is 7.14. The molecule has 10 heteroatoms. The molecule has 0 spiro atoms. The van der Waals surface area contributed by atoms with Crippen LogP contribution in [0.1, 0.15) is 0 Å². The maximum Gasteiger partial charge on any atom is 0.264 e. The molecule has 1 unspecified atom stereocenters. The topological polar surface area (TPSA) is 94.2 Å². The van der Waals surface area contributed by atoms with Crippen molar-refractivity contribution in [3.63, 3.8) is 0 Å². The zero-order valence-electron chi connectivity index (χ0n) is 18.3. The molecule has 178 valence electrons. The highest BCUT2D eigenvalue weighted by molar-refractivity contribution is 7.92. The molecule has 0 radical (unpaired) electrons. The van der Waals surface area contributed by atoms with E-state index in [9.17, 15) is 13.2 Å². The molecule has 3 aromatic carbocycles. The standard InChI is InChI=1S/C24H23ClN2O6S/c1-31-19-9-11-21(12-10-19)34(29,30)27(18-6-4-5-17(25)13-18)15-24(28)26-14-20-16-32-22-7-2-3-8-23(22)33-20/h2-13,20H,14-16H2,1H3,(H,26,28). The minimum atomic E-state index is -4.07. The van der Waals surface area contributed by atoms with Crippen molar-refractivity contribution in [2.24, 2.45) is 0 Å². The van der Waals surface area contributed by atoms with Gasteiger partial charge in [-0.15, -0.1) is 0 Å². The van der Waals surface area contributed by atoms with Crippen molar-refractivity contribution in [1.29, 1.82) is 0 Å². The van der Waals surface area contributed by atoms with Gasteiger partial charge in [-0.2, -0.15) is 0 Å². The smallest absolute Gasteiger partial charge is 0.264 e. The Bertz CT molecular complexity index is 1270. The van der Waals surface area contributed by atoms with Gasteiger partial charge in [0.15, 0.2) is 11.5 Å². The molecule has 0 aromatic heterocycles. The normalized spacial score (nSPS) is 14.8. The molecule has 1 heterocycles. The molecular formula is C24H23ClN2O6S. The number of halogens is 1. The van der Waals surface area contributed by atoms with Gasteiger partial charge in [0.25, 0.3) is 10.0 Å². The van der Waals surface area contributed by atoms with Gasteiger partial charge in [-0.25, -0.2) is 8.42 Å². The summed E-state index contributed by atoms with van der Waals surface area (Å²) in [6.07, 6.45) is -0.406. The van der Waals surface area contributed by atoms with Crippen molar-refractivity contribution in [3.05, 3.63) is 77.8 Å². The van der Waals surface area contributed by atoms with Crippen LogP contribution in [-0.4, -0.2) is 47.2 Å². The molecule has 4 rings (SSSR count). The first kappa shape index (κ1) is 23.7. The minimum absolute atomic E-state index is 0.0155. The molecule has 1 atom stereocenters. The quantitative estimate of drug-likeness (QED) is 0.506. The van der Waals surface area contributed by atoms with E-state index in [1.165, 1.54) is 25.3 Å². The number of nitrogens with zero attached hydrogens (tertiary/aromatic N) is 1. The van der Waals surface area contributed by atoms with Gasteiger partial charge in [0.05, 0.1) is 24.2 Å². The molecule has 0 bridgehead atoms. The molecule has 3 aromatic rings. The molecule has 1 aliphatic rings. The maximum atomic E-state index is 13.4. The van der Waals surface area contributed by atoms with Crippen molar-refractivity contribution >= 4 is 33.2 Å². The van der Waals surface area contributed by atoms with Gasteiger partial charge in [0, 0.05) is 5.02 Å². The summed E-state index contributed by atoms with van der Waals surface area (Å²) in [6, 6.07) is 19.5. The second-order valence-electron chi connectivity index (χ2n) is 7.47. The first-order valence-corrected chi connectivity index (χ1v) is 12.3. The average molecular weight is 503 g/mol. The summed E-state index contributed by atoms with van der Waals surface area (Å²) >= 11 is 6.10. The lowest BCUT2D eigenvalue weighted by molar-refractivity contribution is -0.120. The zero-order valence-corrected chi connectivity index (χ0v) is 19.9. The molecule has 0 saturated heterocycles. The van der Waals surface area contributed by atoms with E-state index in [1.54, 1.807) is 42.5 Å². The Hall–Kier alpha value is -3.43. The van der Waals surface area contributed by atoms with Crippen LogP contribution >= 0.6 is 11.6 Å². The molecule has 34 heavy (non-hydrogen) atoms. The highest BCUT2D eigenvalue weighted by Crippen LogP contribution is 2.31. The van der Waals surface area contributed by atoms with E-state index in [4.69, 9.17) is 25.8 Å². The van der Waals surface area contributed by atoms with E-state index < -0.39 is 28.6 Å². The molecule has 1 N–H and O–H groups in total. The van der Waals surface area contributed by atoms with Gasteiger partial charge >= 0.3 is 0 Å². The predicted molar refractivity (Wildman–Crippen MR) is 128 cm³/mol. The van der Waals surface area contributed by atoms with Crippen LogP contribution in [0.25, 0.3) is 0 Å². The van der Waals surface area contributed by atoms with E-state index >= 15 is 0 Å². The van der Waals surface area contributed by atoms with Crippen molar-refractivity contribution in [1.82, 2.24) is 5.32 Å². The van der Waals surface area contributed by atoms with Gasteiger partial charge in [-0.3, -0.25) is 9.10 Å². The molecule has 8 nitrogen and oxygen atoms in total. The lowest BCUT2D eigenvalue weighted by Crippen LogP contribution is -2.45. The van der Waals surface area contributed by atoms with Crippen LogP contribution in [0, 0.1) is 0 Å². The molecule has 0 fully saturated rings. The number of amides is 1. The van der Waals surface area contributed by atoms with Crippen molar-refractivity contribution < 1.29 is 27.4 Å². The van der Waals surface area contributed by atoms with Crippen LogP contribution in [0.15, 0.2) is 77.7 Å². The highest BCUT2D eigenvalue weighted by Gasteiger charge is 2.28. The van der Waals surface area contributed by atoms with Gasteiger partial charge < -0.3 is 19.5 Å². The summed E-state index contributed by atoms with van der Waals surface area (Å²) in [4.78, 5) is 12.8. The number of anilines is 1. The minimum Gasteiger partial charge on any atom is -0.497 e. The predicted octanol–water partition coefficient (Wildman–Crippen LogP) is 3.50. The summed E-state index contributed by atoms with van der Waals surface area (Å²) in [5.41, 5.74) is 0.268. The fourth-order valence-electron chi connectivity index (χ4n) is 3.40. The van der Waals surface area contributed by atoms with Crippen LogP contribution < -0.4 is 23.8 Å². The molecule has 0 aliphatic carbocycles. The Morgan fingerprint density at radius 3 is 2.53 bits per heavy atom. The number of rotatable bonds is 8. The third-order valence-electron chi connectivity index (χ3n) is 5.13. The monoisotopic (exact) mass is 502 g/mol. The number of para-hydroxylation sites is 2. The molecule has 0 saturated carbocycles. The third kappa shape index (κ3) is 5.37. The zero-order chi connectivity index (χ0) is 24.1. The summed E-state index contributed by atoms with van der Waals surface area (Å²) in [7, 11) is -2.58. The van der Waals surface area contributed by atoms with E-state index in [0.29, 0.717) is 22.3 Å². The fourth-order valence-corrected chi connectivity index (χ4v) is 5.00.